The number of carbonyl (C=O) groups is 1. The number of benzene rings is 1. The van der Waals surface area contributed by atoms with Gasteiger partial charge in [0.05, 0.1) is 25.3 Å². The number of methoxy groups -OCH3 is 1. The topological polar surface area (TPSA) is 80.5 Å². The van der Waals surface area contributed by atoms with Crippen LogP contribution < -0.4 is 20.1 Å². The van der Waals surface area contributed by atoms with E-state index in [1.54, 1.807) is 0 Å². The Balaban J connectivity index is 0.00000512. The maximum Gasteiger partial charge on any atom is 1.00 e. The fraction of sp³-hybridized carbons (Fsp3) is 0.350. The van der Waals surface area contributed by atoms with E-state index in [1.165, 1.54) is 25.3 Å². The van der Waals surface area contributed by atoms with Crippen LogP contribution in [0.4, 0.5) is 33.3 Å². The van der Waals surface area contributed by atoms with Crippen LogP contribution in [0.25, 0.3) is 0 Å². The molecule has 1 heterocycles. The summed E-state index contributed by atoms with van der Waals surface area (Å²) < 4.78 is 72.8. The summed E-state index contributed by atoms with van der Waals surface area (Å²) in [7, 11) is 1.06. The number of nitrogens with zero attached hydrogens (tertiary/aromatic N) is 2. The molecule has 6 nitrogen and oxygen atoms in total. The molecule has 0 aliphatic heterocycles. The molecule has 0 fully saturated rings. The van der Waals surface area contributed by atoms with Crippen molar-refractivity contribution in [2.45, 2.75) is 24.5 Å². The van der Waals surface area contributed by atoms with Crippen molar-refractivity contribution in [3.8, 4) is 5.75 Å². The van der Waals surface area contributed by atoms with Crippen LogP contribution >= 0.6 is 11.9 Å². The van der Waals surface area contributed by atoms with Crippen LogP contribution in [-0.2, 0) is 24.6 Å². The number of hydrogen-bond donors (Lipinski definition) is 2. The molecule has 1 unspecified atom stereocenters. The van der Waals surface area contributed by atoms with E-state index >= 15 is 0 Å². The fourth-order valence-electron chi connectivity index (χ4n) is 2.87. The van der Waals surface area contributed by atoms with Crippen molar-refractivity contribution in [2.24, 2.45) is 11.1 Å². The average molecular weight is 670 g/mol. The number of halogens is 5. The Labute approximate surface area is 206 Å². The summed E-state index contributed by atoms with van der Waals surface area (Å²) >= 11 is 0.851. The van der Waals surface area contributed by atoms with Crippen LogP contribution in [0.3, 0.4) is 0 Å². The SMILES string of the molecule is CCC(CN(CC(=O)Nc1ccnc(SN)c1)c1ccc(F)c(F)c1OC)C(F)(F)F.[CH3-].[Os+]. The summed E-state index contributed by atoms with van der Waals surface area (Å²) in [4.78, 5) is 17.5. The van der Waals surface area contributed by atoms with Crippen LogP contribution in [0, 0.1) is 25.0 Å². The monoisotopic (exact) mass is 671 g/mol. The van der Waals surface area contributed by atoms with Gasteiger partial charge in [0, 0.05) is 18.4 Å². The number of nitrogens with two attached hydrogens (primary N) is 1. The molecule has 1 amide bonds. The summed E-state index contributed by atoms with van der Waals surface area (Å²) in [5.74, 6) is -5.65. The second kappa shape index (κ2) is 13.7. The zero-order chi connectivity index (χ0) is 23.2. The maximum atomic E-state index is 14.2. The third-order valence-corrected chi connectivity index (χ3v) is 4.91. The molecule has 2 rings (SSSR count). The Morgan fingerprint density at radius 1 is 1.30 bits per heavy atom. The summed E-state index contributed by atoms with van der Waals surface area (Å²) in [5, 5.41) is 8.37. The minimum Gasteiger partial charge on any atom is -0.491 e. The molecule has 1 radical (unpaired) electrons. The van der Waals surface area contributed by atoms with E-state index in [0.717, 1.165) is 36.1 Å². The number of rotatable bonds is 9. The van der Waals surface area contributed by atoms with Crippen LogP contribution in [0.1, 0.15) is 13.3 Å². The molecule has 0 spiro atoms. The molecule has 185 valence electrons. The average Bonchev–Trinajstić information content (AvgIpc) is 2.72. The van der Waals surface area contributed by atoms with Gasteiger partial charge >= 0.3 is 26.0 Å². The van der Waals surface area contributed by atoms with Gasteiger partial charge in [0.15, 0.2) is 11.6 Å². The molecule has 2 aromatic rings. The van der Waals surface area contributed by atoms with E-state index in [4.69, 9.17) is 9.88 Å². The van der Waals surface area contributed by atoms with Gasteiger partial charge in [0.25, 0.3) is 0 Å². The number of aromatic nitrogens is 1. The zero-order valence-electron chi connectivity index (χ0n) is 18.0. The quantitative estimate of drug-likeness (QED) is 0.227. The molecule has 0 saturated carbocycles. The second-order valence-corrected chi connectivity index (χ2v) is 7.14. The predicted octanol–water partition coefficient (Wildman–Crippen LogP) is 4.82. The van der Waals surface area contributed by atoms with Crippen molar-refractivity contribution >= 4 is 29.2 Å². The first-order chi connectivity index (χ1) is 14.6. The van der Waals surface area contributed by atoms with Crippen molar-refractivity contribution in [1.29, 1.82) is 0 Å². The van der Waals surface area contributed by atoms with E-state index in [0.29, 0.717) is 10.7 Å². The van der Waals surface area contributed by atoms with Crippen molar-refractivity contribution in [3.63, 3.8) is 0 Å². The number of hydrogen-bond acceptors (Lipinski definition) is 6. The first-order valence-electron chi connectivity index (χ1n) is 9.06. The molecule has 0 bridgehead atoms. The van der Waals surface area contributed by atoms with Gasteiger partial charge in [0.1, 0.15) is 5.03 Å². The number of amides is 1. The van der Waals surface area contributed by atoms with Gasteiger partial charge in [-0.05, 0) is 42.6 Å². The predicted molar refractivity (Wildman–Crippen MR) is 114 cm³/mol. The fourth-order valence-corrected chi connectivity index (χ4v) is 3.19. The number of carbonyl (C=O) groups excluding carboxylic acids is 1. The van der Waals surface area contributed by atoms with Gasteiger partial charge in [-0.3, -0.25) is 9.93 Å². The standard InChI is InChI=1S/C19H21F5N4O2S.CH3.Os/c1-3-11(19(22,23)24)9-28(14-5-4-13(20)17(21)18(14)30-2)10-15(29)27-12-6-7-26-16(8-12)31-25;;/h4-8,11H,3,9-10,25H2,1-2H3,(H,26,27,29);1H3;/q;-1;+1. The summed E-state index contributed by atoms with van der Waals surface area (Å²) in [6.07, 6.45) is -3.42. The van der Waals surface area contributed by atoms with Crippen LogP contribution in [0.2, 0.25) is 0 Å². The van der Waals surface area contributed by atoms with Gasteiger partial charge in [0.2, 0.25) is 11.7 Å². The van der Waals surface area contributed by atoms with E-state index in [-0.39, 0.29) is 39.3 Å². The van der Waals surface area contributed by atoms with E-state index in [1.807, 2.05) is 0 Å². The Kier molecular flexibility index (Phi) is 12.9. The second-order valence-electron chi connectivity index (χ2n) is 6.49. The van der Waals surface area contributed by atoms with Gasteiger partial charge < -0.3 is 22.4 Å². The molecular weight excluding hydrogens is 646 g/mol. The maximum absolute atomic E-state index is 14.2. The smallest absolute Gasteiger partial charge is 0.491 e. The van der Waals surface area contributed by atoms with Crippen LogP contribution in [-0.4, -0.2) is 37.3 Å². The summed E-state index contributed by atoms with van der Waals surface area (Å²) in [6.45, 7) is 0.123. The number of ether oxygens (including phenoxy) is 1. The normalized spacial score (nSPS) is 11.6. The minimum atomic E-state index is -4.55. The van der Waals surface area contributed by atoms with Crippen molar-refractivity contribution in [1.82, 2.24) is 4.98 Å². The molecule has 1 atom stereocenters. The molecule has 0 aliphatic rings. The Morgan fingerprint density at radius 2 is 1.97 bits per heavy atom. The van der Waals surface area contributed by atoms with Crippen LogP contribution in [0.5, 0.6) is 5.75 Å². The van der Waals surface area contributed by atoms with Crippen molar-refractivity contribution in [2.75, 3.05) is 30.4 Å². The molecule has 3 N–H and O–H groups in total. The number of alkyl halides is 3. The molecule has 13 heteroatoms. The van der Waals surface area contributed by atoms with Crippen molar-refractivity contribution in [3.05, 3.63) is 49.5 Å². The number of pyridine rings is 1. The Morgan fingerprint density at radius 3 is 2.52 bits per heavy atom. The Hall–Kier alpha value is -1.96. The molecule has 1 aromatic heterocycles. The van der Waals surface area contributed by atoms with Crippen LogP contribution in [0.15, 0.2) is 35.5 Å². The third-order valence-electron chi connectivity index (χ3n) is 4.44. The van der Waals surface area contributed by atoms with E-state index < -0.39 is 48.5 Å². The number of anilines is 2. The van der Waals surface area contributed by atoms with Gasteiger partial charge in [-0.25, -0.2) is 9.37 Å². The van der Waals surface area contributed by atoms with E-state index in [9.17, 15) is 26.7 Å². The summed E-state index contributed by atoms with van der Waals surface area (Å²) in [6, 6.07) is 4.80. The molecule has 1 aromatic carbocycles. The summed E-state index contributed by atoms with van der Waals surface area (Å²) in [5.41, 5.74) is 0.153. The zero-order valence-corrected chi connectivity index (χ0v) is 21.4. The number of nitrogens with one attached hydrogen (secondary N) is 1. The van der Waals surface area contributed by atoms with E-state index in [2.05, 4.69) is 10.3 Å². The first kappa shape index (κ1) is 31.0. The Bertz CT molecular complexity index is 921. The molecule has 33 heavy (non-hydrogen) atoms. The van der Waals surface area contributed by atoms with Gasteiger partial charge in [-0.15, -0.1) is 0 Å². The molecular formula is C20H24F5N4O2OsS. The minimum absolute atomic E-state index is 0. The third kappa shape index (κ3) is 8.39. The molecule has 0 aliphatic carbocycles. The first-order valence-corrected chi connectivity index (χ1v) is 9.94. The van der Waals surface area contributed by atoms with Gasteiger partial charge in [-0.1, -0.05) is 6.92 Å². The molecule has 0 saturated heterocycles. The van der Waals surface area contributed by atoms with Crippen molar-refractivity contribution < 1.29 is 51.3 Å². The van der Waals surface area contributed by atoms with Gasteiger partial charge in [-0.2, -0.15) is 17.6 Å². The largest absolute Gasteiger partial charge is 1.00 e.